The van der Waals surface area contributed by atoms with E-state index in [-0.39, 0.29) is 24.9 Å². The van der Waals surface area contributed by atoms with E-state index in [1.54, 1.807) is 31.4 Å². The molecule has 4 rings (SSSR count). The summed E-state index contributed by atoms with van der Waals surface area (Å²) in [5.74, 6) is 0.767. The number of benzene rings is 3. The van der Waals surface area contributed by atoms with Crippen LogP contribution in [0.4, 0.5) is 5.69 Å². The predicted molar refractivity (Wildman–Crippen MR) is 119 cm³/mol. The fraction of sp³-hybridized carbons (Fsp3) is 0.125. The first kappa shape index (κ1) is 20.2. The lowest BCUT2D eigenvalue weighted by Crippen LogP contribution is -2.26. The molecule has 0 aliphatic carbocycles. The van der Waals surface area contributed by atoms with Crippen molar-refractivity contribution in [1.29, 1.82) is 0 Å². The van der Waals surface area contributed by atoms with Crippen LogP contribution in [0.15, 0.2) is 78.9 Å². The molecule has 0 aliphatic rings. The highest BCUT2D eigenvalue weighted by molar-refractivity contribution is 5.94. The van der Waals surface area contributed by atoms with E-state index in [2.05, 4.69) is 15.6 Å². The number of nitrogens with zero attached hydrogens (tertiary/aromatic N) is 2. The second-order valence-corrected chi connectivity index (χ2v) is 6.90. The van der Waals surface area contributed by atoms with Crippen molar-refractivity contribution in [3.05, 3.63) is 90.3 Å². The number of hydrogen-bond donors (Lipinski definition) is 2. The van der Waals surface area contributed by atoms with E-state index in [1.807, 2.05) is 59.2 Å². The van der Waals surface area contributed by atoms with Crippen molar-refractivity contribution in [3.63, 3.8) is 0 Å². The van der Waals surface area contributed by atoms with E-state index in [4.69, 9.17) is 4.74 Å². The summed E-state index contributed by atoms with van der Waals surface area (Å²) in [6, 6.07) is 23.8. The van der Waals surface area contributed by atoms with Gasteiger partial charge in [0, 0.05) is 5.56 Å². The number of para-hydroxylation sites is 4. The van der Waals surface area contributed by atoms with Gasteiger partial charge in [0.1, 0.15) is 18.1 Å². The number of carbonyl (C=O) groups excluding carboxylic acids is 2. The number of methoxy groups -OCH3 is 1. The molecule has 156 valence electrons. The Morgan fingerprint density at radius 3 is 2.45 bits per heavy atom. The molecular formula is C24H22N4O3. The maximum atomic E-state index is 12.8. The minimum absolute atomic E-state index is 0.0507. The van der Waals surface area contributed by atoms with Crippen LogP contribution in [-0.2, 0) is 17.9 Å². The summed E-state index contributed by atoms with van der Waals surface area (Å²) in [5.41, 5.74) is 2.75. The van der Waals surface area contributed by atoms with Crippen LogP contribution in [0.1, 0.15) is 16.2 Å². The Labute approximate surface area is 179 Å². The normalized spacial score (nSPS) is 10.6. The molecule has 0 atom stereocenters. The highest BCUT2D eigenvalue weighted by Crippen LogP contribution is 2.23. The number of ether oxygens (including phenoxy) is 1. The summed E-state index contributed by atoms with van der Waals surface area (Å²) in [6.45, 7) is 0.249. The lowest BCUT2D eigenvalue weighted by atomic mass is 10.2. The number of fused-ring (bicyclic) bond motifs is 1. The molecule has 1 aromatic heterocycles. The van der Waals surface area contributed by atoms with Crippen LogP contribution in [0, 0.1) is 0 Å². The molecular weight excluding hydrogens is 392 g/mol. The molecule has 0 bridgehead atoms. The predicted octanol–water partition coefficient (Wildman–Crippen LogP) is 3.61. The van der Waals surface area contributed by atoms with Crippen molar-refractivity contribution in [3.8, 4) is 5.75 Å². The molecule has 0 saturated heterocycles. The van der Waals surface area contributed by atoms with Crippen LogP contribution in [-0.4, -0.2) is 28.5 Å². The van der Waals surface area contributed by atoms with Gasteiger partial charge >= 0.3 is 0 Å². The van der Waals surface area contributed by atoms with Crippen LogP contribution in [0.3, 0.4) is 0 Å². The van der Waals surface area contributed by atoms with E-state index >= 15 is 0 Å². The molecule has 31 heavy (non-hydrogen) atoms. The van der Waals surface area contributed by atoms with E-state index < -0.39 is 0 Å². The van der Waals surface area contributed by atoms with Gasteiger partial charge in [0.05, 0.1) is 30.4 Å². The van der Waals surface area contributed by atoms with E-state index in [9.17, 15) is 9.59 Å². The van der Waals surface area contributed by atoms with Crippen molar-refractivity contribution < 1.29 is 14.3 Å². The largest absolute Gasteiger partial charge is 0.495 e. The summed E-state index contributed by atoms with van der Waals surface area (Å²) in [6.07, 6.45) is 0. The number of nitrogens with one attached hydrogen (secondary N) is 2. The standard InChI is InChI=1S/C24H22N4O3/c1-31-21-14-8-6-12-19(21)27-23(29)16-28-20-13-7-5-11-18(20)26-22(28)15-25-24(30)17-9-3-2-4-10-17/h2-14H,15-16H2,1H3,(H,25,30)(H,27,29). The highest BCUT2D eigenvalue weighted by Gasteiger charge is 2.16. The van der Waals surface area contributed by atoms with Crippen LogP contribution in [0.25, 0.3) is 11.0 Å². The molecule has 0 unspecified atom stereocenters. The van der Waals surface area contributed by atoms with Gasteiger partial charge in [-0.25, -0.2) is 4.98 Å². The third-order valence-corrected chi connectivity index (χ3v) is 4.86. The minimum Gasteiger partial charge on any atom is -0.495 e. The fourth-order valence-corrected chi connectivity index (χ4v) is 3.37. The number of hydrogen-bond acceptors (Lipinski definition) is 4. The Kier molecular flexibility index (Phi) is 5.93. The van der Waals surface area contributed by atoms with Gasteiger partial charge < -0.3 is 19.9 Å². The summed E-state index contributed by atoms with van der Waals surface area (Å²) >= 11 is 0. The summed E-state index contributed by atoms with van der Waals surface area (Å²) in [4.78, 5) is 29.9. The van der Waals surface area contributed by atoms with Crippen molar-refractivity contribution in [2.45, 2.75) is 13.1 Å². The number of aromatic nitrogens is 2. The zero-order chi connectivity index (χ0) is 21.6. The topological polar surface area (TPSA) is 85.2 Å². The SMILES string of the molecule is COc1ccccc1NC(=O)Cn1c(CNC(=O)c2ccccc2)nc2ccccc21. The van der Waals surface area contributed by atoms with Crippen LogP contribution < -0.4 is 15.4 Å². The lowest BCUT2D eigenvalue weighted by molar-refractivity contribution is -0.116. The van der Waals surface area contributed by atoms with Gasteiger partial charge in [-0.1, -0.05) is 42.5 Å². The first-order valence-corrected chi connectivity index (χ1v) is 9.86. The molecule has 7 heteroatoms. The van der Waals surface area contributed by atoms with E-state index in [0.717, 1.165) is 11.0 Å². The van der Waals surface area contributed by atoms with Gasteiger partial charge in [0.2, 0.25) is 5.91 Å². The summed E-state index contributed by atoms with van der Waals surface area (Å²) in [7, 11) is 1.56. The first-order chi connectivity index (χ1) is 15.2. The smallest absolute Gasteiger partial charge is 0.251 e. The maximum Gasteiger partial charge on any atom is 0.251 e. The van der Waals surface area contributed by atoms with Crippen molar-refractivity contribution in [2.75, 3.05) is 12.4 Å². The third kappa shape index (κ3) is 4.56. The Morgan fingerprint density at radius 2 is 1.65 bits per heavy atom. The second-order valence-electron chi connectivity index (χ2n) is 6.90. The number of imidazole rings is 1. The Bertz CT molecular complexity index is 1220. The highest BCUT2D eigenvalue weighted by atomic mass is 16.5. The number of rotatable bonds is 7. The van der Waals surface area contributed by atoms with Crippen LogP contribution in [0.2, 0.25) is 0 Å². The van der Waals surface area contributed by atoms with Crippen LogP contribution in [0.5, 0.6) is 5.75 Å². The average Bonchev–Trinajstić information content (AvgIpc) is 3.15. The van der Waals surface area contributed by atoms with Crippen molar-refractivity contribution >= 4 is 28.5 Å². The van der Waals surface area contributed by atoms with E-state index in [0.29, 0.717) is 22.8 Å². The Morgan fingerprint density at radius 1 is 0.935 bits per heavy atom. The third-order valence-electron chi connectivity index (χ3n) is 4.86. The summed E-state index contributed by atoms with van der Waals surface area (Å²) < 4.78 is 7.11. The molecule has 1 heterocycles. The monoisotopic (exact) mass is 414 g/mol. The molecule has 0 aliphatic heterocycles. The molecule has 0 spiro atoms. The molecule has 0 radical (unpaired) electrons. The molecule has 2 N–H and O–H groups in total. The minimum atomic E-state index is -0.219. The number of amides is 2. The van der Waals surface area contributed by atoms with Gasteiger partial charge in [-0.15, -0.1) is 0 Å². The van der Waals surface area contributed by atoms with Gasteiger partial charge in [-0.05, 0) is 36.4 Å². The fourth-order valence-electron chi connectivity index (χ4n) is 3.37. The molecule has 0 fully saturated rings. The first-order valence-electron chi connectivity index (χ1n) is 9.86. The molecule has 2 amide bonds. The number of carbonyl (C=O) groups is 2. The quantitative estimate of drug-likeness (QED) is 0.484. The average molecular weight is 414 g/mol. The van der Waals surface area contributed by atoms with Gasteiger partial charge in [0.25, 0.3) is 5.91 Å². The van der Waals surface area contributed by atoms with Gasteiger partial charge in [-0.3, -0.25) is 9.59 Å². The van der Waals surface area contributed by atoms with Crippen molar-refractivity contribution in [1.82, 2.24) is 14.9 Å². The number of anilines is 1. The van der Waals surface area contributed by atoms with Crippen molar-refractivity contribution in [2.24, 2.45) is 0 Å². The van der Waals surface area contributed by atoms with Gasteiger partial charge in [-0.2, -0.15) is 0 Å². The molecule has 7 nitrogen and oxygen atoms in total. The van der Waals surface area contributed by atoms with Gasteiger partial charge in [0.15, 0.2) is 0 Å². The zero-order valence-corrected chi connectivity index (χ0v) is 17.0. The zero-order valence-electron chi connectivity index (χ0n) is 17.0. The van der Waals surface area contributed by atoms with Crippen LogP contribution >= 0.6 is 0 Å². The maximum absolute atomic E-state index is 12.8. The Balaban J connectivity index is 1.55. The molecule has 3 aromatic carbocycles. The lowest BCUT2D eigenvalue weighted by Gasteiger charge is -2.12. The summed E-state index contributed by atoms with van der Waals surface area (Å²) in [5, 5.41) is 5.77. The Hall–Kier alpha value is -4.13. The molecule has 4 aromatic rings. The second kappa shape index (κ2) is 9.13. The molecule has 0 saturated carbocycles. The van der Waals surface area contributed by atoms with E-state index in [1.165, 1.54) is 0 Å².